The monoisotopic (exact) mass is 324 g/mol. The van der Waals surface area contributed by atoms with Gasteiger partial charge < -0.3 is 10.4 Å². The fourth-order valence-corrected chi connectivity index (χ4v) is 2.61. The summed E-state index contributed by atoms with van der Waals surface area (Å²) in [7, 11) is 0. The van der Waals surface area contributed by atoms with E-state index in [1.165, 1.54) is 0 Å². The predicted molar refractivity (Wildman–Crippen MR) is 77.1 cm³/mol. The van der Waals surface area contributed by atoms with E-state index in [0.29, 0.717) is 32.0 Å². The number of nitrogens with zero attached hydrogens (tertiary/aromatic N) is 1. The third-order valence-electron chi connectivity index (χ3n) is 3.63. The first-order valence-electron chi connectivity index (χ1n) is 6.83. The highest BCUT2D eigenvalue weighted by atomic mass is 35.5. The lowest BCUT2D eigenvalue weighted by molar-refractivity contribution is 0.151. The number of nitrogens with one attached hydrogen (secondary N) is 1. The van der Waals surface area contributed by atoms with Crippen LogP contribution in [-0.2, 0) is 0 Å². The van der Waals surface area contributed by atoms with Crippen molar-refractivity contribution in [1.29, 1.82) is 0 Å². The van der Waals surface area contributed by atoms with Gasteiger partial charge in [0.05, 0.1) is 0 Å². The number of piperazine rings is 1. The van der Waals surface area contributed by atoms with Crippen LogP contribution in [0.3, 0.4) is 0 Å². The molecule has 2 rings (SSSR count). The second-order valence-corrected chi connectivity index (χ2v) is 4.96. The Kier molecular flexibility index (Phi) is 7.45. The lowest BCUT2D eigenvalue weighted by Gasteiger charge is -2.35. The number of halogens is 4. The third kappa shape index (κ3) is 4.57. The number of hydrogen-bond acceptors (Lipinski definition) is 3. The van der Waals surface area contributed by atoms with E-state index in [4.69, 9.17) is 5.11 Å². The largest absolute Gasteiger partial charge is 0.396 e. The standard InChI is InChI=1S/C14H19F3N2O.ClH/c15-11-9-13(17)12(16)8-10(11)14(2-1-7-20)19-5-3-18-4-6-19;/h8-9,14,18,20H,1-7H2;1H/t14-;/m1./s1. The molecule has 1 aliphatic heterocycles. The molecule has 2 N–H and O–H groups in total. The van der Waals surface area contributed by atoms with Crippen molar-refractivity contribution in [2.75, 3.05) is 32.8 Å². The molecule has 120 valence electrons. The number of aliphatic hydroxyl groups excluding tert-OH is 1. The second kappa shape index (κ2) is 8.58. The fraction of sp³-hybridized carbons (Fsp3) is 0.571. The quantitative estimate of drug-likeness (QED) is 0.816. The van der Waals surface area contributed by atoms with Crippen LogP contribution < -0.4 is 5.32 Å². The number of benzene rings is 1. The van der Waals surface area contributed by atoms with Crippen molar-refractivity contribution in [1.82, 2.24) is 10.2 Å². The SMILES string of the molecule is Cl.OCCC[C@H](c1cc(F)c(F)cc1F)N1CCNCC1. The minimum absolute atomic E-state index is 0. The Bertz CT molecular complexity index is 456. The van der Waals surface area contributed by atoms with Crippen molar-refractivity contribution in [2.24, 2.45) is 0 Å². The summed E-state index contributed by atoms with van der Waals surface area (Å²) in [5, 5.41) is 12.2. The van der Waals surface area contributed by atoms with E-state index in [9.17, 15) is 13.2 Å². The molecule has 1 fully saturated rings. The molecule has 0 radical (unpaired) electrons. The molecule has 0 amide bonds. The Labute approximate surface area is 128 Å². The van der Waals surface area contributed by atoms with Crippen LogP contribution in [0.2, 0.25) is 0 Å². The molecule has 1 atom stereocenters. The lowest BCUT2D eigenvalue weighted by atomic mass is 9.98. The zero-order valence-electron chi connectivity index (χ0n) is 11.6. The maximum Gasteiger partial charge on any atom is 0.161 e. The van der Waals surface area contributed by atoms with Crippen LogP contribution in [-0.4, -0.2) is 42.8 Å². The molecule has 1 aromatic rings. The maximum atomic E-state index is 14.0. The molecule has 0 bridgehead atoms. The van der Waals surface area contributed by atoms with Gasteiger partial charge in [-0.2, -0.15) is 0 Å². The molecule has 0 aromatic heterocycles. The summed E-state index contributed by atoms with van der Waals surface area (Å²) in [4.78, 5) is 2.04. The van der Waals surface area contributed by atoms with E-state index in [0.717, 1.165) is 19.2 Å². The molecular formula is C14H20ClF3N2O. The van der Waals surface area contributed by atoms with E-state index in [1.54, 1.807) is 0 Å². The van der Waals surface area contributed by atoms with Crippen LogP contribution in [0.15, 0.2) is 12.1 Å². The topological polar surface area (TPSA) is 35.5 Å². The van der Waals surface area contributed by atoms with E-state index in [-0.39, 0.29) is 30.6 Å². The highest BCUT2D eigenvalue weighted by molar-refractivity contribution is 5.85. The number of hydrogen-bond donors (Lipinski definition) is 2. The van der Waals surface area contributed by atoms with Crippen molar-refractivity contribution in [3.05, 3.63) is 35.1 Å². The molecule has 3 nitrogen and oxygen atoms in total. The molecule has 0 aliphatic carbocycles. The molecular weight excluding hydrogens is 305 g/mol. The molecule has 1 aromatic carbocycles. The van der Waals surface area contributed by atoms with Gasteiger partial charge in [-0.05, 0) is 18.9 Å². The van der Waals surface area contributed by atoms with E-state index < -0.39 is 17.5 Å². The van der Waals surface area contributed by atoms with Gasteiger partial charge in [-0.15, -0.1) is 12.4 Å². The molecule has 0 spiro atoms. The highest BCUT2D eigenvalue weighted by Crippen LogP contribution is 2.29. The normalized spacial score (nSPS) is 17.3. The van der Waals surface area contributed by atoms with Gasteiger partial charge in [0.25, 0.3) is 0 Å². The van der Waals surface area contributed by atoms with Gasteiger partial charge in [-0.1, -0.05) is 0 Å². The fourth-order valence-electron chi connectivity index (χ4n) is 2.61. The zero-order chi connectivity index (χ0) is 14.5. The van der Waals surface area contributed by atoms with Crippen molar-refractivity contribution in [3.8, 4) is 0 Å². The minimum Gasteiger partial charge on any atom is -0.396 e. The first-order chi connectivity index (χ1) is 9.63. The highest BCUT2D eigenvalue weighted by Gasteiger charge is 2.25. The summed E-state index contributed by atoms with van der Waals surface area (Å²) in [5.41, 5.74) is 0.166. The Hall–Kier alpha value is -0.820. The van der Waals surface area contributed by atoms with Crippen LogP contribution in [0.25, 0.3) is 0 Å². The van der Waals surface area contributed by atoms with Crippen molar-refractivity contribution < 1.29 is 18.3 Å². The van der Waals surface area contributed by atoms with Crippen molar-refractivity contribution >= 4 is 12.4 Å². The number of aliphatic hydroxyl groups is 1. The summed E-state index contributed by atoms with van der Waals surface area (Å²) in [5.74, 6) is -2.94. The van der Waals surface area contributed by atoms with Crippen LogP contribution in [0.5, 0.6) is 0 Å². The molecule has 1 saturated heterocycles. The van der Waals surface area contributed by atoms with Crippen molar-refractivity contribution in [3.63, 3.8) is 0 Å². The van der Waals surface area contributed by atoms with Gasteiger partial charge in [-0.3, -0.25) is 4.90 Å². The third-order valence-corrected chi connectivity index (χ3v) is 3.63. The van der Waals surface area contributed by atoms with E-state index >= 15 is 0 Å². The van der Waals surface area contributed by atoms with Gasteiger partial charge in [-0.25, -0.2) is 13.2 Å². The van der Waals surface area contributed by atoms with Crippen molar-refractivity contribution in [2.45, 2.75) is 18.9 Å². The van der Waals surface area contributed by atoms with Gasteiger partial charge in [0.2, 0.25) is 0 Å². The minimum atomic E-state index is -1.17. The Balaban J connectivity index is 0.00000220. The van der Waals surface area contributed by atoms with Crippen LogP contribution in [0.4, 0.5) is 13.2 Å². The first kappa shape index (κ1) is 18.2. The van der Waals surface area contributed by atoms with Crippen LogP contribution in [0, 0.1) is 17.5 Å². The molecule has 7 heteroatoms. The Morgan fingerprint density at radius 3 is 2.33 bits per heavy atom. The lowest BCUT2D eigenvalue weighted by Crippen LogP contribution is -2.45. The summed E-state index contributed by atoms with van der Waals surface area (Å²) in [6.07, 6.45) is 1.01. The van der Waals surface area contributed by atoms with E-state index in [1.807, 2.05) is 4.90 Å². The number of rotatable bonds is 5. The molecule has 1 aliphatic rings. The summed E-state index contributed by atoms with van der Waals surface area (Å²) in [6, 6.07) is 1.20. The molecule has 0 unspecified atom stereocenters. The summed E-state index contributed by atoms with van der Waals surface area (Å²) in [6.45, 7) is 2.98. The summed E-state index contributed by atoms with van der Waals surface area (Å²) < 4.78 is 40.4. The van der Waals surface area contributed by atoms with Crippen LogP contribution in [0.1, 0.15) is 24.4 Å². The smallest absolute Gasteiger partial charge is 0.161 e. The molecule has 1 heterocycles. The average molecular weight is 325 g/mol. The average Bonchev–Trinajstić information content (AvgIpc) is 2.45. The molecule has 21 heavy (non-hydrogen) atoms. The first-order valence-corrected chi connectivity index (χ1v) is 6.83. The second-order valence-electron chi connectivity index (χ2n) is 4.96. The van der Waals surface area contributed by atoms with Crippen LogP contribution >= 0.6 is 12.4 Å². The Morgan fingerprint density at radius 1 is 1.10 bits per heavy atom. The maximum absolute atomic E-state index is 14.0. The van der Waals surface area contributed by atoms with Gasteiger partial charge in [0.1, 0.15) is 5.82 Å². The van der Waals surface area contributed by atoms with Gasteiger partial charge in [0.15, 0.2) is 11.6 Å². The summed E-state index contributed by atoms with van der Waals surface area (Å²) >= 11 is 0. The molecule has 0 saturated carbocycles. The van der Waals surface area contributed by atoms with Gasteiger partial charge >= 0.3 is 0 Å². The van der Waals surface area contributed by atoms with E-state index in [2.05, 4.69) is 5.32 Å². The van der Waals surface area contributed by atoms with Gasteiger partial charge in [0, 0.05) is 50.5 Å². The Morgan fingerprint density at radius 2 is 1.71 bits per heavy atom. The predicted octanol–water partition coefficient (Wildman–Crippen LogP) is 2.24. The zero-order valence-corrected chi connectivity index (χ0v) is 12.4.